The fraction of sp³-hybridized carbons (Fsp3) is 0.0357. The predicted octanol–water partition coefficient (Wildman–Crippen LogP) is 5.86. The van der Waals surface area contributed by atoms with Crippen LogP contribution in [0.3, 0.4) is 0 Å². The molecule has 4 aromatic carbocycles. The third-order valence-corrected chi connectivity index (χ3v) is 5.45. The fourth-order valence-electron chi connectivity index (χ4n) is 3.83. The number of nitriles is 1. The van der Waals surface area contributed by atoms with Crippen molar-refractivity contribution in [3.05, 3.63) is 131 Å². The van der Waals surface area contributed by atoms with Crippen LogP contribution in [0.25, 0.3) is 11.1 Å². The lowest BCUT2D eigenvalue weighted by Crippen LogP contribution is -2.36. The predicted molar refractivity (Wildman–Crippen MR) is 128 cm³/mol. The Morgan fingerprint density at radius 2 is 1.30 bits per heavy atom. The zero-order chi connectivity index (χ0) is 22.6. The average Bonchev–Trinajstić information content (AvgIpc) is 2.90. The molecule has 5 heteroatoms. The Hall–Kier alpha value is -4.56. The highest BCUT2D eigenvalue weighted by Gasteiger charge is 2.24. The number of hydrogen-bond acceptors (Lipinski definition) is 4. The molecule has 0 saturated heterocycles. The largest absolute Gasteiger partial charge is 0.324 e. The van der Waals surface area contributed by atoms with Crippen molar-refractivity contribution in [3.63, 3.8) is 0 Å². The van der Waals surface area contributed by atoms with Crippen LogP contribution in [0.5, 0.6) is 0 Å². The van der Waals surface area contributed by atoms with Crippen LogP contribution >= 0.6 is 0 Å². The third kappa shape index (κ3) is 4.15. The first-order chi connectivity index (χ1) is 16.2. The summed E-state index contributed by atoms with van der Waals surface area (Å²) in [7, 11) is 0. The van der Waals surface area contributed by atoms with Gasteiger partial charge in [-0.15, -0.1) is 0 Å². The van der Waals surface area contributed by atoms with Crippen molar-refractivity contribution in [2.75, 3.05) is 0 Å². The quantitative estimate of drug-likeness (QED) is 0.441. The van der Waals surface area contributed by atoms with Crippen molar-refractivity contribution in [2.45, 2.75) is 6.17 Å². The van der Waals surface area contributed by atoms with Crippen LogP contribution in [0.1, 0.15) is 28.4 Å². The Bertz CT molecular complexity index is 1400. The van der Waals surface area contributed by atoms with Gasteiger partial charge in [-0.2, -0.15) is 5.26 Å². The van der Waals surface area contributed by atoms with E-state index in [0.717, 1.165) is 22.3 Å². The molecule has 0 amide bonds. The van der Waals surface area contributed by atoms with E-state index < -0.39 is 12.0 Å². The average molecular weight is 430 g/mol. The van der Waals surface area contributed by atoms with E-state index >= 15 is 0 Å². The molecule has 0 aromatic heterocycles. The number of amidine groups is 2. The second kappa shape index (κ2) is 8.89. The molecule has 1 aliphatic heterocycles. The molecule has 4 nitrogen and oxygen atoms in total. The summed E-state index contributed by atoms with van der Waals surface area (Å²) in [5.41, 5.74) is 4.43. The van der Waals surface area contributed by atoms with Crippen LogP contribution in [0.15, 0.2) is 113 Å². The van der Waals surface area contributed by atoms with Crippen LogP contribution in [-0.4, -0.2) is 11.7 Å². The second-order valence-electron chi connectivity index (χ2n) is 7.58. The van der Waals surface area contributed by atoms with Gasteiger partial charge in [0.05, 0.1) is 17.2 Å². The van der Waals surface area contributed by atoms with Crippen LogP contribution in [0.2, 0.25) is 0 Å². The first-order valence-corrected chi connectivity index (χ1v) is 10.6. The number of hydrogen-bond donors (Lipinski definition) is 1. The van der Waals surface area contributed by atoms with E-state index in [9.17, 15) is 9.65 Å². The highest BCUT2D eigenvalue weighted by molar-refractivity contribution is 6.18. The Kier molecular flexibility index (Phi) is 5.48. The SMILES string of the molecule is N#Cc1ccc(F)c(C2=NC(c3ccccc3)N=C(c3ccccc3-c3ccccc3)N2)c1. The number of halogens is 1. The zero-order valence-corrected chi connectivity index (χ0v) is 17.6. The minimum absolute atomic E-state index is 0.236. The van der Waals surface area contributed by atoms with Gasteiger partial charge < -0.3 is 5.32 Å². The maximum Gasteiger partial charge on any atom is 0.169 e. The van der Waals surface area contributed by atoms with Crippen LogP contribution in [0, 0.1) is 17.1 Å². The van der Waals surface area contributed by atoms with Crippen molar-refractivity contribution in [2.24, 2.45) is 9.98 Å². The molecule has 4 aromatic rings. The van der Waals surface area contributed by atoms with Gasteiger partial charge in [0.2, 0.25) is 0 Å². The first-order valence-electron chi connectivity index (χ1n) is 10.6. The highest BCUT2D eigenvalue weighted by Crippen LogP contribution is 2.29. The van der Waals surface area contributed by atoms with Crippen LogP contribution in [0.4, 0.5) is 4.39 Å². The van der Waals surface area contributed by atoms with Gasteiger partial charge in [-0.05, 0) is 34.9 Å². The maximum absolute atomic E-state index is 14.8. The maximum atomic E-state index is 14.8. The van der Waals surface area contributed by atoms with Gasteiger partial charge in [0.15, 0.2) is 6.17 Å². The van der Waals surface area contributed by atoms with Crippen molar-refractivity contribution in [3.8, 4) is 17.2 Å². The van der Waals surface area contributed by atoms with Gasteiger partial charge in [-0.3, -0.25) is 0 Å². The smallest absolute Gasteiger partial charge is 0.169 e. The Morgan fingerprint density at radius 1 is 0.697 bits per heavy atom. The fourth-order valence-corrected chi connectivity index (χ4v) is 3.83. The lowest BCUT2D eigenvalue weighted by molar-refractivity contribution is 0.623. The van der Waals surface area contributed by atoms with E-state index in [4.69, 9.17) is 9.98 Å². The van der Waals surface area contributed by atoms with E-state index in [-0.39, 0.29) is 5.56 Å². The zero-order valence-electron chi connectivity index (χ0n) is 17.6. The molecule has 1 atom stereocenters. The van der Waals surface area contributed by atoms with Crippen molar-refractivity contribution in [1.82, 2.24) is 5.32 Å². The minimum atomic E-state index is -0.550. The van der Waals surface area contributed by atoms with E-state index in [1.165, 1.54) is 18.2 Å². The molecule has 0 saturated carbocycles. The first kappa shape index (κ1) is 20.3. The van der Waals surface area contributed by atoms with E-state index in [1.54, 1.807) is 0 Å². The van der Waals surface area contributed by atoms with Crippen molar-refractivity contribution >= 4 is 11.7 Å². The molecule has 0 bridgehead atoms. The second-order valence-corrected chi connectivity index (χ2v) is 7.58. The molecule has 5 rings (SSSR count). The van der Waals surface area contributed by atoms with Gasteiger partial charge in [-0.25, -0.2) is 14.4 Å². The number of rotatable bonds is 4. The lowest BCUT2D eigenvalue weighted by atomic mass is 9.98. The monoisotopic (exact) mass is 430 g/mol. The summed E-state index contributed by atoms with van der Waals surface area (Å²) < 4.78 is 14.8. The van der Waals surface area contributed by atoms with Crippen LogP contribution < -0.4 is 5.32 Å². The summed E-state index contributed by atoms with van der Waals surface area (Å²) in [4.78, 5) is 9.59. The van der Waals surface area contributed by atoms with Crippen molar-refractivity contribution < 1.29 is 4.39 Å². The molecule has 0 spiro atoms. The summed E-state index contributed by atoms with van der Waals surface area (Å²) in [6.45, 7) is 0. The molecular weight excluding hydrogens is 411 g/mol. The van der Waals surface area contributed by atoms with Gasteiger partial charge in [0.25, 0.3) is 0 Å². The number of benzene rings is 4. The standard InChI is InChI=1S/C28H19FN4/c29-25-16-15-19(18-30)17-24(25)28-32-26(21-11-5-2-6-12-21)31-27(33-28)23-14-8-7-13-22(23)20-9-3-1-4-10-20/h1-17,26H,(H,31,32,33). The summed E-state index contributed by atoms with van der Waals surface area (Å²) in [6, 6.07) is 34.0. The molecule has 1 aliphatic rings. The summed E-state index contributed by atoms with van der Waals surface area (Å²) in [5.74, 6) is 0.478. The topological polar surface area (TPSA) is 60.5 Å². The number of nitrogens with one attached hydrogen (secondary N) is 1. The summed E-state index contributed by atoms with van der Waals surface area (Å²) in [6.07, 6.45) is -0.550. The van der Waals surface area contributed by atoms with Gasteiger partial charge in [-0.1, -0.05) is 84.9 Å². The number of aliphatic imine (C=N–C) groups is 2. The molecule has 33 heavy (non-hydrogen) atoms. The molecule has 1 N–H and O–H groups in total. The Balaban J connectivity index is 1.66. The number of nitrogens with zero attached hydrogens (tertiary/aromatic N) is 3. The van der Waals surface area contributed by atoms with Gasteiger partial charge in [0, 0.05) is 5.56 Å². The van der Waals surface area contributed by atoms with E-state index in [0.29, 0.717) is 17.2 Å². The summed E-state index contributed by atoms with van der Waals surface area (Å²) >= 11 is 0. The lowest BCUT2D eigenvalue weighted by Gasteiger charge is -2.24. The van der Waals surface area contributed by atoms with Crippen LogP contribution in [-0.2, 0) is 0 Å². The normalized spacial score (nSPS) is 15.1. The Labute approximate surface area is 191 Å². The van der Waals surface area contributed by atoms with Crippen molar-refractivity contribution in [1.29, 1.82) is 5.26 Å². The van der Waals surface area contributed by atoms with Gasteiger partial charge >= 0.3 is 0 Å². The highest BCUT2D eigenvalue weighted by atomic mass is 19.1. The van der Waals surface area contributed by atoms with Gasteiger partial charge in [0.1, 0.15) is 17.5 Å². The Morgan fingerprint density at radius 3 is 2.00 bits per heavy atom. The van der Waals surface area contributed by atoms with E-state index in [1.807, 2.05) is 84.9 Å². The molecule has 0 radical (unpaired) electrons. The molecule has 1 unspecified atom stereocenters. The minimum Gasteiger partial charge on any atom is -0.324 e. The molecule has 1 heterocycles. The molecule has 0 aliphatic carbocycles. The molecule has 158 valence electrons. The molecular formula is C28H19FN4. The summed E-state index contributed by atoms with van der Waals surface area (Å²) in [5, 5.41) is 12.6. The van der Waals surface area contributed by atoms with E-state index in [2.05, 4.69) is 11.4 Å². The third-order valence-electron chi connectivity index (χ3n) is 5.45. The molecule has 0 fully saturated rings.